The highest BCUT2D eigenvalue weighted by molar-refractivity contribution is 7.89. The number of rotatable bonds is 5. The fourth-order valence-electron chi connectivity index (χ4n) is 2.72. The van der Waals surface area contributed by atoms with Gasteiger partial charge in [-0.2, -0.15) is 17.9 Å². The summed E-state index contributed by atoms with van der Waals surface area (Å²) in [6.45, 7) is 1.76. The van der Waals surface area contributed by atoms with Gasteiger partial charge in [-0.15, -0.1) is 0 Å². The molecule has 3 rings (SSSR count). The van der Waals surface area contributed by atoms with Crippen molar-refractivity contribution in [2.45, 2.75) is 30.5 Å². The monoisotopic (exact) mass is 382 g/mol. The predicted octanol–water partition coefficient (Wildman–Crippen LogP) is 3.93. The number of alkyl halides is 3. The van der Waals surface area contributed by atoms with E-state index in [1.165, 1.54) is 30.5 Å². The van der Waals surface area contributed by atoms with Gasteiger partial charge < -0.3 is 4.98 Å². The van der Waals surface area contributed by atoms with Crippen LogP contribution >= 0.6 is 0 Å². The third-order valence-electron chi connectivity index (χ3n) is 4.12. The van der Waals surface area contributed by atoms with Crippen LogP contribution in [0.25, 0.3) is 10.9 Å². The van der Waals surface area contributed by atoms with Crippen molar-refractivity contribution in [3.8, 4) is 0 Å². The van der Waals surface area contributed by atoms with E-state index in [0.717, 1.165) is 5.56 Å². The number of benzene rings is 2. The number of aryl methyl sites for hydroxylation is 1. The van der Waals surface area contributed by atoms with E-state index in [1.807, 2.05) is 0 Å². The summed E-state index contributed by atoms with van der Waals surface area (Å²) >= 11 is 0. The summed E-state index contributed by atoms with van der Waals surface area (Å²) in [6.07, 6.45) is -3.75. The van der Waals surface area contributed by atoms with Crippen molar-refractivity contribution in [1.29, 1.82) is 0 Å². The first kappa shape index (κ1) is 18.5. The van der Waals surface area contributed by atoms with Crippen LogP contribution < -0.4 is 4.72 Å². The molecule has 0 fully saturated rings. The maximum absolute atomic E-state index is 13.5. The highest BCUT2D eigenvalue weighted by Gasteiger charge is 2.42. The van der Waals surface area contributed by atoms with Crippen LogP contribution in [-0.4, -0.2) is 25.6 Å². The minimum atomic E-state index is -4.73. The number of halogens is 3. The number of sulfonamides is 1. The smallest absolute Gasteiger partial charge is 0.361 e. The molecule has 3 aromatic rings. The summed E-state index contributed by atoms with van der Waals surface area (Å²) in [5.41, 5.74) is 1.91. The molecule has 138 valence electrons. The average Bonchev–Trinajstić information content (AvgIpc) is 2.97. The lowest BCUT2D eigenvalue weighted by molar-refractivity contribution is -0.150. The summed E-state index contributed by atoms with van der Waals surface area (Å²) in [7, 11) is -4.30. The van der Waals surface area contributed by atoms with Gasteiger partial charge in [-0.05, 0) is 37.1 Å². The molecule has 0 spiro atoms. The van der Waals surface area contributed by atoms with Gasteiger partial charge in [-0.3, -0.25) is 0 Å². The zero-order chi connectivity index (χ0) is 18.9. The van der Waals surface area contributed by atoms with Crippen molar-refractivity contribution < 1.29 is 21.6 Å². The number of hydrogen-bond acceptors (Lipinski definition) is 2. The van der Waals surface area contributed by atoms with Gasteiger partial charge in [-0.1, -0.05) is 35.9 Å². The summed E-state index contributed by atoms with van der Waals surface area (Å²) in [6, 6.07) is 10.4. The molecule has 1 heterocycles. The highest BCUT2D eigenvalue weighted by atomic mass is 32.2. The number of nitrogens with one attached hydrogen (secondary N) is 2. The fraction of sp³-hybridized carbons (Fsp3) is 0.222. The van der Waals surface area contributed by atoms with E-state index in [-0.39, 0.29) is 4.90 Å². The Morgan fingerprint density at radius 3 is 2.38 bits per heavy atom. The molecule has 2 N–H and O–H groups in total. The molecule has 0 aliphatic heterocycles. The minimum absolute atomic E-state index is 0.198. The van der Waals surface area contributed by atoms with E-state index in [1.54, 1.807) is 35.9 Å². The maximum Gasteiger partial charge on any atom is 0.405 e. The molecule has 1 aromatic heterocycles. The Morgan fingerprint density at radius 1 is 1.08 bits per heavy atom. The third-order valence-corrected chi connectivity index (χ3v) is 5.61. The van der Waals surface area contributed by atoms with Crippen molar-refractivity contribution in [3.63, 3.8) is 0 Å². The molecule has 1 atom stereocenters. The Hall–Kier alpha value is -2.32. The minimum Gasteiger partial charge on any atom is -0.361 e. The number of aromatic nitrogens is 1. The second-order valence-corrected chi connectivity index (χ2v) is 7.81. The number of fused-ring (bicyclic) bond motifs is 1. The first-order chi connectivity index (χ1) is 12.2. The Kier molecular flexibility index (Phi) is 4.81. The molecule has 0 amide bonds. The Bertz CT molecular complexity index is 1010. The molecule has 2 aromatic carbocycles. The molecule has 0 saturated carbocycles. The Labute approximate surface area is 149 Å². The molecule has 0 saturated heterocycles. The lowest BCUT2D eigenvalue weighted by atomic mass is 10.1. The molecule has 4 nitrogen and oxygen atoms in total. The van der Waals surface area contributed by atoms with E-state index in [9.17, 15) is 21.6 Å². The molecule has 8 heteroatoms. The largest absolute Gasteiger partial charge is 0.405 e. The quantitative estimate of drug-likeness (QED) is 0.702. The van der Waals surface area contributed by atoms with Gasteiger partial charge in [0.25, 0.3) is 0 Å². The van der Waals surface area contributed by atoms with Crippen molar-refractivity contribution >= 4 is 20.9 Å². The highest BCUT2D eigenvalue weighted by Crippen LogP contribution is 2.28. The van der Waals surface area contributed by atoms with Crippen LogP contribution in [0.5, 0.6) is 0 Å². The second kappa shape index (κ2) is 6.77. The molecular weight excluding hydrogens is 365 g/mol. The molecule has 0 radical (unpaired) electrons. The third kappa shape index (κ3) is 3.91. The second-order valence-electron chi connectivity index (χ2n) is 6.09. The summed E-state index contributed by atoms with van der Waals surface area (Å²) in [5, 5.41) is 0.635. The van der Waals surface area contributed by atoms with Gasteiger partial charge in [0.15, 0.2) is 0 Å². The van der Waals surface area contributed by atoms with Crippen LogP contribution in [0.1, 0.15) is 11.1 Å². The van der Waals surface area contributed by atoms with Crippen molar-refractivity contribution in [1.82, 2.24) is 9.71 Å². The van der Waals surface area contributed by atoms with Crippen molar-refractivity contribution in [3.05, 3.63) is 65.9 Å². The van der Waals surface area contributed by atoms with Crippen LogP contribution in [0.15, 0.2) is 59.6 Å². The van der Waals surface area contributed by atoms with E-state index >= 15 is 0 Å². The van der Waals surface area contributed by atoms with E-state index in [2.05, 4.69) is 4.98 Å². The van der Waals surface area contributed by atoms with Crippen LogP contribution in [0.3, 0.4) is 0 Å². The van der Waals surface area contributed by atoms with Crippen LogP contribution in [0.4, 0.5) is 13.2 Å². The maximum atomic E-state index is 13.5. The van der Waals surface area contributed by atoms with Gasteiger partial charge in [-0.25, -0.2) is 8.42 Å². The number of hydrogen-bond donors (Lipinski definition) is 2. The first-order valence-corrected chi connectivity index (χ1v) is 9.36. The van der Waals surface area contributed by atoms with Gasteiger partial charge in [0.05, 0.1) is 4.90 Å². The fourth-order valence-corrected chi connectivity index (χ4v) is 3.94. The lowest BCUT2D eigenvalue weighted by Gasteiger charge is -2.21. The zero-order valence-electron chi connectivity index (χ0n) is 13.8. The number of aromatic amines is 1. The van der Waals surface area contributed by atoms with Gasteiger partial charge in [0.2, 0.25) is 10.0 Å². The Morgan fingerprint density at radius 2 is 1.73 bits per heavy atom. The Balaban J connectivity index is 1.90. The predicted molar refractivity (Wildman–Crippen MR) is 93.3 cm³/mol. The molecule has 1 unspecified atom stereocenters. The number of H-pyrrole nitrogens is 1. The van der Waals surface area contributed by atoms with Gasteiger partial charge >= 0.3 is 6.18 Å². The van der Waals surface area contributed by atoms with Crippen molar-refractivity contribution in [2.75, 3.05) is 0 Å². The van der Waals surface area contributed by atoms with Gasteiger partial charge in [0.1, 0.15) is 6.04 Å². The molecule has 0 bridgehead atoms. The van der Waals surface area contributed by atoms with Crippen LogP contribution in [-0.2, 0) is 16.4 Å². The summed E-state index contributed by atoms with van der Waals surface area (Å²) in [5.74, 6) is 0. The van der Waals surface area contributed by atoms with E-state index in [4.69, 9.17) is 0 Å². The molecule has 0 aliphatic rings. The average molecular weight is 382 g/mol. The lowest BCUT2D eigenvalue weighted by Crippen LogP contribution is -2.46. The van der Waals surface area contributed by atoms with Crippen molar-refractivity contribution in [2.24, 2.45) is 0 Å². The number of para-hydroxylation sites is 1. The van der Waals surface area contributed by atoms with Crippen LogP contribution in [0.2, 0.25) is 0 Å². The van der Waals surface area contributed by atoms with E-state index < -0.39 is 28.7 Å². The topological polar surface area (TPSA) is 62.0 Å². The molecule has 0 aliphatic carbocycles. The molecular formula is C18H17F3N2O2S. The van der Waals surface area contributed by atoms with Gasteiger partial charge in [0, 0.05) is 17.1 Å². The summed E-state index contributed by atoms with van der Waals surface area (Å²) in [4.78, 5) is 2.70. The zero-order valence-corrected chi connectivity index (χ0v) is 14.7. The first-order valence-electron chi connectivity index (χ1n) is 7.87. The SMILES string of the molecule is Cc1ccc(S(=O)(=O)NC(Cc2c[nH]c3ccccc23)C(F)(F)F)cc1. The molecule has 26 heavy (non-hydrogen) atoms. The summed E-state index contributed by atoms with van der Waals surface area (Å²) < 4.78 is 67.0. The van der Waals surface area contributed by atoms with Crippen LogP contribution in [0, 0.1) is 6.92 Å². The van der Waals surface area contributed by atoms with E-state index in [0.29, 0.717) is 16.5 Å². The standard InChI is InChI=1S/C18H17F3N2O2S/c1-12-6-8-14(9-7-12)26(24,25)23-17(18(19,20)21)10-13-11-22-16-5-3-2-4-15(13)16/h2-9,11,17,22-23H,10H2,1H3. The normalized spacial score (nSPS) is 13.8.